The third-order valence-corrected chi connectivity index (χ3v) is 5.77. The predicted molar refractivity (Wildman–Crippen MR) is 123 cm³/mol. The van der Waals surface area contributed by atoms with E-state index in [1.807, 2.05) is 0 Å². The summed E-state index contributed by atoms with van der Waals surface area (Å²) >= 11 is 0. The van der Waals surface area contributed by atoms with Crippen LogP contribution in [0.4, 0.5) is 5.69 Å². The predicted octanol–water partition coefficient (Wildman–Crippen LogP) is 2.69. The summed E-state index contributed by atoms with van der Waals surface area (Å²) < 4.78 is 4.62. The van der Waals surface area contributed by atoms with Gasteiger partial charge in [-0.1, -0.05) is 25.7 Å². The van der Waals surface area contributed by atoms with Gasteiger partial charge >= 0.3 is 5.97 Å². The lowest BCUT2D eigenvalue weighted by atomic mass is 10.0. The first kappa shape index (κ1) is 26.0. The first-order valence-corrected chi connectivity index (χ1v) is 11.4. The second kappa shape index (κ2) is 13.3. The number of hydrogen-bond donors (Lipinski definition) is 2. The molecule has 1 fully saturated rings. The van der Waals surface area contributed by atoms with Gasteiger partial charge in [0.2, 0.25) is 11.8 Å². The number of imide groups is 1. The highest BCUT2D eigenvalue weighted by atomic mass is 16.5. The molecule has 2 N–H and O–H groups in total. The summed E-state index contributed by atoms with van der Waals surface area (Å²) in [7, 11) is 2.90. The van der Waals surface area contributed by atoms with Gasteiger partial charge in [0.05, 0.1) is 12.7 Å². The van der Waals surface area contributed by atoms with Crippen molar-refractivity contribution in [2.24, 2.45) is 0 Å². The molecule has 1 unspecified atom stereocenters. The molecule has 0 aromatic heterocycles. The number of likely N-dealkylation sites (N-methyl/N-ethyl adjacent to an activating group) is 1. The van der Waals surface area contributed by atoms with Crippen molar-refractivity contribution < 1.29 is 28.7 Å². The number of amides is 3. The largest absolute Gasteiger partial charge is 0.469 e. The summed E-state index contributed by atoms with van der Waals surface area (Å²) in [5, 5.41) is 5.52. The smallest absolute Gasteiger partial charge is 0.305 e. The molecule has 0 aliphatic carbocycles. The number of benzene rings is 1. The van der Waals surface area contributed by atoms with E-state index in [1.54, 1.807) is 18.2 Å². The third kappa shape index (κ3) is 8.00. The number of nitrogens with zero attached hydrogens (tertiary/aromatic N) is 1. The average molecular weight is 460 g/mol. The van der Waals surface area contributed by atoms with Gasteiger partial charge in [-0.15, -0.1) is 0 Å². The van der Waals surface area contributed by atoms with Gasteiger partial charge in [-0.2, -0.15) is 0 Å². The van der Waals surface area contributed by atoms with E-state index in [9.17, 15) is 24.0 Å². The van der Waals surface area contributed by atoms with Crippen LogP contribution in [0, 0.1) is 0 Å². The van der Waals surface area contributed by atoms with Gasteiger partial charge < -0.3 is 15.0 Å². The van der Waals surface area contributed by atoms with Crippen LogP contribution in [0.15, 0.2) is 18.2 Å². The Labute approximate surface area is 194 Å². The maximum atomic E-state index is 13.0. The van der Waals surface area contributed by atoms with Gasteiger partial charge in [-0.25, -0.2) is 0 Å². The Kier molecular flexibility index (Phi) is 10.5. The van der Waals surface area contributed by atoms with Gasteiger partial charge in [0.25, 0.3) is 5.91 Å². The molecule has 1 aromatic carbocycles. The van der Waals surface area contributed by atoms with Gasteiger partial charge in [0.1, 0.15) is 6.04 Å². The van der Waals surface area contributed by atoms with Crippen LogP contribution in [-0.4, -0.2) is 61.6 Å². The number of methoxy groups -OCH3 is 1. The summed E-state index contributed by atoms with van der Waals surface area (Å²) in [6, 6.07) is 4.21. The molecular formula is C24H33N3O6. The SMILES string of the molecule is COC(=O)CCCCCCCCNc1ccc(C=O)c(C(=O)N(C)C2CCC(=O)NC2=O)c1. The number of esters is 1. The van der Waals surface area contributed by atoms with Crippen LogP contribution in [0.25, 0.3) is 0 Å². The molecular weight excluding hydrogens is 426 g/mol. The lowest BCUT2D eigenvalue weighted by Gasteiger charge is -2.30. The summed E-state index contributed by atoms with van der Waals surface area (Å²) in [6.07, 6.45) is 7.49. The van der Waals surface area contributed by atoms with Crippen molar-refractivity contribution in [1.82, 2.24) is 10.2 Å². The maximum Gasteiger partial charge on any atom is 0.305 e. The van der Waals surface area contributed by atoms with Crippen LogP contribution in [0.1, 0.15) is 78.5 Å². The monoisotopic (exact) mass is 459 g/mol. The molecule has 0 saturated carbocycles. The number of carbonyl (C=O) groups is 5. The summed E-state index contributed by atoms with van der Waals surface area (Å²) in [5.74, 6) is -1.46. The number of unbranched alkanes of at least 4 members (excludes halogenated alkanes) is 5. The van der Waals surface area contributed by atoms with Gasteiger partial charge in [-0.05, 0) is 37.5 Å². The average Bonchev–Trinajstić information content (AvgIpc) is 2.81. The maximum absolute atomic E-state index is 13.0. The Bertz CT molecular complexity index is 870. The van der Waals surface area contributed by atoms with Crippen molar-refractivity contribution in [2.75, 3.05) is 26.0 Å². The Morgan fingerprint density at radius 3 is 2.52 bits per heavy atom. The van der Waals surface area contributed by atoms with Gasteiger partial charge in [0.15, 0.2) is 6.29 Å². The second-order valence-corrected chi connectivity index (χ2v) is 8.18. The summed E-state index contributed by atoms with van der Waals surface area (Å²) in [4.78, 5) is 60.3. The van der Waals surface area contributed by atoms with Gasteiger partial charge in [-0.3, -0.25) is 29.3 Å². The van der Waals surface area contributed by atoms with Crippen LogP contribution < -0.4 is 10.6 Å². The zero-order valence-electron chi connectivity index (χ0n) is 19.4. The second-order valence-electron chi connectivity index (χ2n) is 8.18. The fourth-order valence-corrected chi connectivity index (χ4v) is 3.77. The van der Waals surface area contributed by atoms with E-state index >= 15 is 0 Å². The minimum absolute atomic E-state index is 0.166. The highest BCUT2D eigenvalue weighted by Crippen LogP contribution is 2.20. The number of anilines is 1. The molecule has 0 radical (unpaired) electrons. The first-order valence-electron chi connectivity index (χ1n) is 11.4. The highest BCUT2D eigenvalue weighted by Gasteiger charge is 2.33. The van der Waals surface area contributed by atoms with E-state index in [0.717, 1.165) is 50.8 Å². The molecule has 33 heavy (non-hydrogen) atoms. The number of carbonyl (C=O) groups excluding carboxylic acids is 5. The van der Waals surface area contributed by atoms with E-state index in [0.29, 0.717) is 12.7 Å². The van der Waals surface area contributed by atoms with Crippen molar-refractivity contribution in [1.29, 1.82) is 0 Å². The molecule has 1 aromatic rings. The Hall–Kier alpha value is -3.23. The normalized spacial score (nSPS) is 15.5. The number of rotatable bonds is 13. The molecule has 0 bridgehead atoms. The Balaban J connectivity index is 1.83. The molecule has 1 heterocycles. The van der Waals surface area contributed by atoms with E-state index < -0.39 is 17.9 Å². The number of ether oxygens (including phenoxy) is 1. The van der Waals surface area contributed by atoms with Crippen molar-refractivity contribution in [3.8, 4) is 0 Å². The topological polar surface area (TPSA) is 122 Å². The van der Waals surface area contributed by atoms with Crippen LogP contribution >= 0.6 is 0 Å². The molecule has 2 rings (SSSR count). The van der Waals surface area contributed by atoms with Gasteiger partial charge in [0, 0.05) is 37.7 Å². The summed E-state index contributed by atoms with van der Waals surface area (Å²) in [5.41, 5.74) is 1.18. The molecule has 1 aliphatic heterocycles. The zero-order valence-corrected chi connectivity index (χ0v) is 19.4. The zero-order chi connectivity index (χ0) is 24.2. The molecule has 9 nitrogen and oxygen atoms in total. The minimum atomic E-state index is -0.751. The van der Waals surface area contributed by atoms with E-state index in [2.05, 4.69) is 15.4 Å². The van der Waals surface area contributed by atoms with E-state index in [1.165, 1.54) is 19.1 Å². The molecule has 3 amide bonds. The lowest BCUT2D eigenvalue weighted by Crippen LogP contribution is -2.53. The Morgan fingerprint density at radius 1 is 1.15 bits per heavy atom. The number of nitrogens with one attached hydrogen (secondary N) is 2. The third-order valence-electron chi connectivity index (χ3n) is 5.77. The van der Waals surface area contributed by atoms with Crippen molar-refractivity contribution in [2.45, 2.75) is 63.8 Å². The molecule has 180 valence electrons. The van der Waals surface area contributed by atoms with Crippen molar-refractivity contribution in [3.05, 3.63) is 29.3 Å². The minimum Gasteiger partial charge on any atom is -0.469 e. The lowest BCUT2D eigenvalue weighted by molar-refractivity contribution is -0.141. The first-order chi connectivity index (χ1) is 15.9. The van der Waals surface area contributed by atoms with Crippen LogP contribution in [0.2, 0.25) is 0 Å². The fourth-order valence-electron chi connectivity index (χ4n) is 3.77. The molecule has 9 heteroatoms. The number of aldehydes is 1. The van der Waals surface area contributed by atoms with Crippen molar-refractivity contribution in [3.63, 3.8) is 0 Å². The quantitative estimate of drug-likeness (QED) is 0.201. The molecule has 1 atom stereocenters. The fraction of sp³-hybridized carbons (Fsp3) is 0.542. The van der Waals surface area contributed by atoms with Crippen LogP contribution in [0.5, 0.6) is 0 Å². The van der Waals surface area contributed by atoms with E-state index in [4.69, 9.17) is 0 Å². The standard InChI is InChI=1S/C24H33N3O6/c1-27(20-12-13-21(29)26-23(20)31)24(32)19-15-18(11-10-17(19)16-28)25-14-8-6-4-3-5-7-9-22(30)33-2/h10-11,15-16,20,25H,3-9,12-14H2,1-2H3,(H,26,29,31). The molecule has 1 saturated heterocycles. The Morgan fingerprint density at radius 2 is 1.85 bits per heavy atom. The number of hydrogen-bond acceptors (Lipinski definition) is 7. The van der Waals surface area contributed by atoms with Crippen LogP contribution in [-0.2, 0) is 19.1 Å². The van der Waals surface area contributed by atoms with E-state index in [-0.39, 0.29) is 35.8 Å². The molecule has 0 spiro atoms. The summed E-state index contributed by atoms with van der Waals surface area (Å²) in [6.45, 7) is 0.721. The van der Waals surface area contributed by atoms with Crippen molar-refractivity contribution >= 4 is 35.7 Å². The number of piperidine rings is 1. The highest BCUT2D eigenvalue weighted by molar-refractivity contribution is 6.06. The van der Waals surface area contributed by atoms with Crippen LogP contribution in [0.3, 0.4) is 0 Å². The molecule has 1 aliphatic rings.